The summed E-state index contributed by atoms with van der Waals surface area (Å²) in [7, 11) is 0. The summed E-state index contributed by atoms with van der Waals surface area (Å²) >= 11 is 0. The molecule has 4 fully saturated rings. The summed E-state index contributed by atoms with van der Waals surface area (Å²) in [4.78, 5) is 11.4. The van der Waals surface area contributed by atoms with E-state index in [0.29, 0.717) is 41.0 Å². The van der Waals surface area contributed by atoms with Gasteiger partial charge in [-0.25, -0.2) is 18.3 Å². The number of nitrogens with zero attached hydrogens (tertiary/aromatic N) is 6. The van der Waals surface area contributed by atoms with Gasteiger partial charge in [-0.1, -0.05) is 0 Å². The normalized spacial score (nSPS) is 25.3. The SMILES string of the molecule is N=C(/C=C\C(=N)N1CCN(C2COC2)CC1)c1cnn2ccc(N3CC[C@H]4C[C@]43c3cc(F)ccc3F)nc12. The van der Waals surface area contributed by atoms with E-state index >= 15 is 0 Å². The molecule has 1 saturated carbocycles. The zero-order chi connectivity index (χ0) is 26.7. The van der Waals surface area contributed by atoms with Gasteiger partial charge in [-0.15, -0.1) is 0 Å². The molecule has 2 atom stereocenters. The van der Waals surface area contributed by atoms with Crippen LogP contribution in [0, 0.1) is 28.4 Å². The van der Waals surface area contributed by atoms with Gasteiger partial charge in [-0.3, -0.25) is 10.3 Å². The van der Waals surface area contributed by atoms with Gasteiger partial charge in [0.2, 0.25) is 0 Å². The molecule has 9 nitrogen and oxygen atoms in total. The molecule has 1 aromatic carbocycles. The molecule has 39 heavy (non-hydrogen) atoms. The number of halogens is 2. The summed E-state index contributed by atoms with van der Waals surface area (Å²) < 4.78 is 35.8. The van der Waals surface area contributed by atoms with Crippen LogP contribution in [0.1, 0.15) is 24.0 Å². The van der Waals surface area contributed by atoms with Crippen LogP contribution in [-0.4, -0.2) is 87.9 Å². The van der Waals surface area contributed by atoms with E-state index in [4.69, 9.17) is 20.5 Å². The van der Waals surface area contributed by atoms with Crippen molar-refractivity contribution in [2.45, 2.75) is 24.4 Å². The lowest BCUT2D eigenvalue weighted by Crippen LogP contribution is -2.57. The van der Waals surface area contributed by atoms with E-state index in [1.165, 1.54) is 12.1 Å². The zero-order valence-electron chi connectivity index (χ0n) is 21.5. The molecule has 1 aliphatic carbocycles. The third kappa shape index (κ3) is 4.02. The van der Waals surface area contributed by atoms with E-state index in [2.05, 4.69) is 14.9 Å². The Hall–Kier alpha value is -3.70. The van der Waals surface area contributed by atoms with Crippen LogP contribution in [0.2, 0.25) is 0 Å². The number of anilines is 1. The number of hydrogen-bond donors (Lipinski definition) is 2. The van der Waals surface area contributed by atoms with Crippen LogP contribution >= 0.6 is 0 Å². The number of allylic oxidation sites excluding steroid dienone is 1. The van der Waals surface area contributed by atoms with Gasteiger partial charge in [0.25, 0.3) is 0 Å². The first kappa shape index (κ1) is 24.3. The van der Waals surface area contributed by atoms with Crippen molar-refractivity contribution in [2.24, 2.45) is 5.92 Å². The molecule has 5 heterocycles. The van der Waals surface area contributed by atoms with Crippen molar-refractivity contribution in [1.82, 2.24) is 24.4 Å². The van der Waals surface area contributed by atoms with Gasteiger partial charge in [0.1, 0.15) is 23.3 Å². The summed E-state index contributed by atoms with van der Waals surface area (Å²) in [6, 6.07) is 6.01. The first-order chi connectivity index (χ1) is 18.9. The van der Waals surface area contributed by atoms with Crippen LogP contribution in [0.15, 0.2) is 48.8 Å². The van der Waals surface area contributed by atoms with Gasteiger partial charge in [-0.2, -0.15) is 5.10 Å². The van der Waals surface area contributed by atoms with Gasteiger partial charge in [0.15, 0.2) is 5.65 Å². The molecule has 2 aromatic heterocycles. The molecule has 11 heteroatoms. The van der Waals surface area contributed by atoms with Gasteiger partial charge >= 0.3 is 0 Å². The largest absolute Gasteiger partial charge is 0.378 e. The second-order valence-electron chi connectivity index (χ2n) is 10.8. The molecular formula is C28H30F2N8O. The van der Waals surface area contributed by atoms with Gasteiger partial charge in [-0.05, 0) is 55.2 Å². The molecule has 0 radical (unpaired) electrons. The summed E-state index contributed by atoms with van der Waals surface area (Å²) in [6.45, 7) is 5.65. The number of hydrogen-bond acceptors (Lipinski definition) is 7. The fourth-order valence-electron chi connectivity index (χ4n) is 6.42. The molecule has 3 saturated heterocycles. The van der Waals surface area contributed by atoms with Gasteiger partial charge in [0.05, 0.1) is 42.3 Å². The molecule has 0 unspecified atom stereocenters. The first-order valence-corrected chi connectivity index (χ1v) is 13.4. The lowest BCUT2D eigenvalue weighted by Gasteiger charge is -2.42. The van der Waals surface area contributed by atoms with Crippen molar-refractivity contribution in [1.29, 1.82) is 10.8 Å². The summed E-state index contributed by atoms with van der Waals surface area (Å²) in [5.41, 5.74) is 1.07. The average molecular weight is 533 g/mol. The highest BCUT2D eigenvalue weighted by molar-refractivity contribution is 6.12. The molecular weight excluding hydrogens is 502 g/mol. The smallest absolute Gasteiger partial charge is 0.166 e. The lowest BCUT2D eigenvalue weighted by atomic mass is 10.0. The standard InChI is InChI=1S/C28H30F2N8O/c29-19-1-2-23(30)22(13-19)28-14-18(28)5-7-37(28)26-6-8-38-27(34-26)21(15-33-38)24(31)3-4-25(32)36-11-9-35(10-12-36)20-16-39-17-20/h1-4,6,8,13,15,18,20,31-32H,5,7,9-12,14,16-17H2/b4-3-,31-24?,32-25?/t18-,28+/m0/s1. The number of piperazine rings is 1. The number of fused-ring (bicyclic) bond motifs is 2. The molecule has 3 aliphatic heterocycles. The number of piperidine rings is 1. The summed E-state index contributed by atoms with van der Waals surface area (Å²) in [5, 5.41) is 21.6. The molecule has 7 rings (SSSR count). The van der Waals surface area contributed by atoms with Crippen molar-refractivity contribution < 1.29 is 13.5 Å². The highest BCUT2D eigenvalue weighted by Gasteiger charge is 2.64. The van der Waals surface area contributed by atoms with E-state index in [1.807, 2.05) is 11.0 Å². The first-order valence-electron chi connectivity index (χ1n) is 13.4. The number of ether oxygens (including phenoxy) is 1. The van der Waals surface area contributed by atoms with Crippen LogP contribution < -0.4 is 4.90 Å². The van der Waals surface area contributed by atoms with Gasteiger partial charge < -0.3 is 19.9 Å². The molecule has 3 aromatic rings. The maximum absolute atomic E-state index is 14.8. The minimum absolute atomic E-state index is 0.210. The van der Waals surface area contributed by atoms with Crippen LogP contribution in [0.4, 0.5) is 14.6 Å². The van der Waals surface area contributed by atoms with Crippen molar-refractivity contribution in [3.63, 3.8) is 0 Å². The van der Waals surface area contributed by atoms with Crippen molar-refractivity contribution in [3.8, 4) is 0 Å². The fraction of sp³-hybridized carbons (Fsp3) is 0.429. The maximum atomic E-state index is 14.8. The molecule has 4 aliphatic rings. The monoisotopic (exact) mass is 532 g/mol. The van der Waals surface area contributed by atoms with E-state index in [1.54, 1.807) is 29.1 Å². The van der Waals surface area contributed by atoms with Crippen molar-refractivity contribution in [3.05, 3.63) is 71.6 Å². The van der Waals surface area contributed by atoms with Crippen molar-refractivity contribution in [2.75, 3.05) is 50.8 Å². The number of benzene rings is 1. The number of aromatic nitrogens is 3. The maximum Gasteiger partial charge on any atom is 0.166 e. The Morgan fingerprint density at radius 2 is 1.87 bits per heavy atom. The zero-order valence-corrected chi connectivity index (χ0v) is 21.5. The number of amidine groups is 1. The predicted molar refractivity (Wildman–Crippen MR) is 143 cm³/mol. The topological polar surface area (TPSA) is 96.8 Å². The Morgan fingerprint density at radius 3 is 2.62 bits per heavy atom. The van der Waals surface area contributed by atoms with Crippen LogP contribution in [0.25, 0.3) is 5.65 Å². The Labute approximate surface area is 224 Å². The second kappa shape index (κ2) is 9.20. The van der Waals surface area contributed by atoms with E-state index < -0.39 is 17.2 Å². The average Bonchev–Trinajstić information content (AvgIpc) is 3.29. The van der Waals surface area contributed by atoms with Crippen LogP contribution in [-0.2, 0) is 10.3 Å². The Balaban J connectivity index is 1.09. The second-order valence-corrected chi connectivity index (χ2v) is 10.8. The summed E-state index contributed by atoms with van der Waals surface area (Å²) in [6.07, 6.45) is 8.32. The minimum Gasteiger partial charge on any atom is -0.378 e. The molecule has 0 amide bonds. The number of rotatable bonds is 6. The Morgan fingerprint density at radius 1 is 1.05 bits per heavy atom. The summed E-state index contributed by atoms with van der Waals surface area (Å²) in [5.74, 6) is 0.454. The highest BCUT2D eigenvalue weighted by Crippen LogP contribution is 2.63. The Bertz CT molecular complexity index is 1490. The predicted octanol–water partition coefficient (Wildman–Crippen LogP) is 3.05. The van der Waals surface area contributed by atoms with E-state index in [9.17, 15) is 8.78 Å². The van der Waals surface area contributed by atoms with E-state index in [-0.39, 0.29) is 11.6 Å². The molecule has 0 spiro atoms. The Kier molecular flexibility index (Phi) is 5.74. The third-order valence-electron chi connectivity index (χ3n) is 8.77. The number of nitrogens with one attached hydrogen (secondary N) is 2. The lowest BCUT2D eigenvalue weighted by molar-refractivity contribution is -0.0728. The van der Waals surface area contributed by atoms with Crippen LogP contribution in [0.5, 0.6) is 0 Å². The third-order valence-corrected chi connectivity index (χ3v) is 8.77. The van der Waals surface area contributed by atoms with Crippen LogP contribution in [0.3, 0.4) is 0 Å². The molecule has 202 valence electrons. The fourth-order valence-corrected chi connectivity index (χ4v) is 6.42. The molecule has 2 N–H and O–H groups in total. The molecule has 0 bridgehead atoms. The van der Waals surface area contributed by atoms with Crippen molar-refractivity contribution >= 4 is 23.0 Å². The highest BCUT2D eigenvalue weighted by atomic mass is 19.1. The minimum atomic E-state index is -0.587. The van der Waals surface area contributed by atoms with E-state index in [0.717, 1.165) is 58.3 Å². The quantitative estimate of drug-likeness (QED) is 0.374. The van der Waals surface area contributed by atoms with Gasteiger partial charge in [0, 0.05) is 44.5 Å².